The largest absolute Gasteiger partial charge is 0.462 e. The highest BCUT2D eigenvalue weighted by molar-refractivity contribution is 8.36. The second kappa shape index (κ2) is 36.8. The van der Waals surface area contributed by atoms with Crippen LogP contribution in [0.15, 0.2) is 233 Å². The van der Waals surface area contributed by atoms with E-state index in [1.807, 2.05) is 97.1 Å². The Bertz CT molecular complexity index is 4360. The van der Waals surface area contributed by atoms with Gasteiger partial charge in [0.15, 0.2) is 0 Å². The molecule has 1 aliphatic carbocycles. The van der Waals surface area contributed by atoms with Crippen LogP contribution in [-0.4, -0.2) is 101 Å². The topological polar surface area (TPSA) is 210 Å². The Hall–Kier alpha value is -9.76. The zero-order valence-electron chi connectivity index (χ0n) is 61.9. The molecule has 8 aromatic rings. The molecule has 0 bridgehead atoms. The Kier molecular flexibility index (Phi) is 26.4. The van der Waals surface area contributed by atoms with E-state index in [0.29, 0.717) is 44.5 Å². The molecule has 0 unspecified atom stereocenters. The van der Waals surface area contributed by atoms with Crippen LogP contribution in [-0.2, 0) is 37.9 Å². The number of allylic oxidation sites excluding steroid dienone is 4. The van der Waals surface area contributed by atoms with Crippen molar-refractivity contribution in [3.63, 3.8) is 0 Å². The van der Waals surface area contributed by atoms with Crippen molar-refractivity contribution in [2.24, 2.45) is 0 Å². The van der Waals surface area contributed by atoms with Crippen molar-refractivity contribution in [1.29, 1.82) is 0 Å². The summed E-state index contributed by atoms with van der Waals surface area (Å²) >= 11 is 12.6. The number of esters is 8. The minimum absolute atomic E-state index is 0.191. The Morgan fingerprint density at radius 1 is 0.179 bits per heavy atom. The van der Waals surface area contributed by atoms with Crippen LogP contribution >= 0.6 is 94.1 Å². The van der Waals surface area contributed by atoms with Gasteiger partial charge >= 0.3 is 47.8 Å². The van der Waals surface area contributed by atoms with Gasteiger partial charge in [0.2, 0.25) is 0 Å². The molecule has 0 N–H and O–H groups in total. The number of carbonyl (C=O) groups excluding carboxylic acids is 8. The lowest BCUT2D eigenvalue weighted by Gasteiger charge is -2.35. The van der Waals surface area contributed by atoms with Crippen LogP contribution in [0.3, 0.4) is 0 Å². The number of ether oxygens (including phenoxy) is 8. The number of thioether (sulfide) groups is 8. The van der Waals surface area contributed by atoms with Gasteiger partial charge in [0.1, 0.15) is 0 Å². The predicted octanol–water partition coefficient (Wildman–Crippen LogP) is 22.3. The molecule has 1 saturated carbocycles. The quantitative estimate of drug-likeness (QED) is 0.0406. The maximum atomic E-state index is 13.4. The summed E-state index contributed by atoms with van der Waals surface area (Å²) in [5, 5.41) is 0. The maximum Gasteiger partial charge on any atom is 0.338 e. The average molecular weight is 1640 g/mol. The predicted molar refractivity (Wildman–Crippen MR) is 455 cm³/mol. The molecule has 0 aromatic heterocycles. The van der Waals surface area contributed by atoms with E-state index in [0.717, 1.165) is 123 Å². The van der Waals surface area contributed by atoms with Gasteiger partial charge in [-0.2, -0.15) is 0 Å². The summed E-state index contributed by atoms with van der Waals surface area (Å²) in [6.45, 7) is 15.6. The van der Waals surface area contributed by atoms with Gasteiger partial charge in [-0.1, -0.05) is 191 Å². The third kappa shape index (κ3) is 17.4. The number of carbonyl (C=O) groups is 8. The fourth-order valence-corrected chi connectivity index (χ4v) is 23.5. The van der Waals surface area contributed by atoms with Crippen LogP contribution in [0.4, 0.5) is 0 Å². The summed E-state index contributed by atoms with van der Waals surface area (Å²) in [4.78, 5) is 114. The van der Waals surface area contributed by atoms with Crippen molar-refractivity contribution in [1.82, 2.24) is 0 Å². The first kappa shape index (κ1) is 80.3. The van der Waals surface area contributed by atoms with Crippen LogP contribution in [0.1, 0.15) is 183 Å². The van der Waals surface area contributed by atoms with Gasteiger partial charge in [0.05, 0.1) is 114 Å². The minimum Gasteiger partial charge on any atom is -0.462 e. The van der Waals surface area contributed by atoms with E-state index in [2.05, 4.69) is 0 Å². The average Bonchev–Trinajstić information content (AvgIpc) is 1.46. The molecule has 0 radical (unpaired) electrons. The van der Waals surface area contributed by atoms with E-state index in [4.69, 9.17) is 37.9 Å². The summed E-state index contributed by atoms with van der Waals surface area (Å²) in [6.07, 6.45) is 0. The molecule has 0 saturated heterocycles. The molecule has 568 valence electrons. The molecule has 4 heterocycles. The van der Waals surface area contributed by atoms with E-state index >= 15 is 0 Å². The Morgan fingerprint density at radius 3 is 0.366 bits per heavy atom. The lowest BCUT2D eigenvalue weighted by atomic mass is 9.78. The molecule has 0 atom stereocenters. The fraction of sp³-hybridized carbons (Fsp3) is 0.182. The second-order valence-electron chi connectivity index (χ2n) is 24.5. The SMILES string of the molecule is CCOC(=O)c1ccc(C2=C(c3ccc(C(=O)OCC)cc3)SC(=C3C(=C4SC(c5ccc(C(=O)OCC)cc5)=C(c5ccc(C(=O)OCC)cc5)S4)C(=C4SC(c5ccc(C(=O)OCC)cc5)=C(c5ccc(C(=O)OCC)cc5)S4)C3=C3SC(c4ccc(C(=O)OCC)cc4)=C(c4ccc(C(=O)OCC)cc4)S3)S2)cc1. The third-order valence-electron chi connectivity index (χ3n) is 17.5. The number of hydrogen-bond acceptors (Lipinski definition) is 24. The van der Waals surface area contributed by atoms with Gasteiger partial charge in [-0.15, -0.1) is 0 Å². The molecular formula is C88H72O16S8. The monoisotopic (exact) mass is 1640 g/mol. The molecule has 13 rings (SSSR count). The van der Waals surface area contributed by atoms with Gasteiger partial charge in [-0.25, -0.2) is 38.4 Å². The van der Waals surface area contributed by atoms with Crippen LogP contribution in [0.5, 0.6) is 0 Å². The number of benzene rings is 8. The summed E-state index contributed by atoms with van der Waals surface area (Å²) in [5.74, 6) is -3.70. The molecule has 4 aliphatic heterocycles. The molecule has 5 aliphatic rings. The minimum atomic E-state index is -0.463. The summed E-state index contributed by atoms with van der Waals surface area (Å²) < 4.78 is 47.3. The van der Waals surface area contributed by atoms with Crippen molar-refractivity contribution in [2.75, 3.05) is 52.9 Å². The zero-order chi connectivity index (χ0) is 78.7. The van der Waals surface area contributed by atoms with Crippen molar-refractivity contribution in [3.8, 4) is 0 Å². The third-order valence-corrected chi connectivity index (χ3v) is 28.2. The van der Waals surface area contributed by atoms with E-state index in [1.54, 1.807) is 247 Å². The molecule has 112 heavy (non-hydrogen) atoms. The van der Waals surface area contributed by atoms with Gasteiger partial charge in [0.25, 0.3) is 0 Å². The number of rotatable bonds is 24. The van der Waals surface area contributed by atoms with Crippen LogP contribution in [0.2, 0.25) is 0 Å². The summed E-state index contributed by atoms with van der Waals surface area (Å²) in [7, 11) is 0. The molecular weight excluding hydrogens is 1570 g/mol. The second-order valence-corrected chi connectivity index (χ2v) is 33.7. The van der Waals surface area contributed by atoms with Crippen molar-refractivity contribution in [2.45, 2.75) is 55.4 Å². The highest BCUT2D eigenvalue weighted by Crippen LogP contribution is 2.74. The highest BCUT2D eigenvalue weighted by Gasteiger charge is 2.47. The van der Waals surface area contributed by atoms with Gasteiger partial charge in [-0.3, -0.25) is 0 Å². The van der Waals surface area contributed by atoms with E-state index in [1.165, 1.54) is 0 Å². The van der Waals surface area contributed by atoms with E-state index in [9.17, 15) is 38.4 Å². The fourth-order valence-electron chi connectivity index (χ4n) is 12.2. The van der Waals surface area contributed by atoms with E-state index < -0.39 is 47.8 Å². The normalized spacial score (nSPS) is 14.8. The lowest BCUT2D eigenvalue weighted by Crippen LogP contribution is -2.17. The molecule has 16 nitrogen and oxygen atoms in total. The first-order valence-electron chi connectivity index (χ1n) is 36.1. The lowest BCUT2D eigenvalue weighted by molar-refractivity contribution is 0.0516. The first-order valence-corrected chi connectivity index (χ1v) is 42.6. The number of hydrogen-bond donors (Lipinski definition) is 0. The van der Waals surface area contributed by atoms with Crippen molar-refractivity contribution < 1.29 is 76.3 Å². The highest BCUT2D eigenvalue weighted by atomic mass is 32.2. The van der Waals surface area contributed by atoms with E-state index in [-0.39, 0.29) is 52.9 Å². The van der Waals surface area contributed by atoms with Gasteiger partial charge < -0.3 is 37.9 Å². The van der Waals surface area contributed by atoms with Gasteiger partial charge in [-0.05, 0) is 197 Å². The maximum absolute atomic E-state index is 13.4. The van der Waals surface area contributed by atoms with Crippen LogP contribution in [0.25, 0.3) is 39.2 Å². The first-order chi connectivity index (χ1) is 54.5. The Morgan fingerprint density at radius 2 is 0.277 bits per heavy atom. The van der Waals surface area contributed by atoms with Crippen molar-refractivity contribution in [3.05, 3.63) is 322 Å². The molecule has 1 fully saturated rings. The molecule has 24 heteroatoms. The molecule has 0 amide bonds. The van der Waals surface area contributed by atoms with Gasteiger partial charge in [0, 0.05) is 61.5 Å². The smallest absolute Gasteiger partial charge is 0.338 e. The zero-order valence-corrected chi connectivity index (χ0v) is 68.5. The van der Waals surface area contributed by atoms with Crippen LogP contribution < -0.4 is 0 Å². The van der Waals surface area contributed by atoms with Crippen LogP contribution in [0, 0.1) is 0 Å². The summed E-state index contributed by atoms with van der Waals surface area (Å²) in [5.41, 5.74) is 13.0. The standard InChI is InChI=1S/C88H72O16S8/c1-9-97-77(89)57-33-17-49(18-34-57)69-70(50-19-35-58(36-20-50)78(90)98-10-2)106-85(105-69)65-66(86-107-71(51-21-37-59(38-22-51)79(91)99-11-3)72(108-86)52-23-39-60(40-24-52)80(92)100-12-4)68(88-111-75(55-29-45-63(46-30-55)83(95)103-15-7)76(112-88)56-31-47-64(48-32-56)84(96)104-16-8)67(65)87-109-73(53-25-41-61(42-26-53)81(93)101-13-5)74(110-87)54-27-43-62(44-28-54)82(94)102-14-6/h17-48H,9-16H2,1-8H3. The Balaban J connectivity index is 1.10. The summed E-state index contributed by atoms with van der Waals surface area (Å²) in [6, 6.07) is 58.8. The molecule has 0 spiro atoms. The Labute approximate surface area is 682 Å². The van der Waals surface area contributed by atoms with Crippen molar-refractivity contribution >= 4 is 181 Å². The molecule has 8 aromatic carbocycles.